The van der Waals surface area contributed by atoms with Crippen LogP contribution in [0.25, 0.3) is 28.5 Å². The highest BCUT2D eigenvalue weighted by atomic mass is 35.5. The fraction of sp³-hybridized carbons (Fsp3) is 0.0870. The lowest BCUT2D eigenvalue weighted by molar-refractivity contribution is 0.572. The number of hydrogen-bond acceptors (Lipinski definition) is 5. The van der Waals surface area contributed by atoms with Gasteiger partial charge in [0.25, 0.3) is 0 Å². The molecule has 1 aromatic carbocycles. The molecule has 6 heteroatoms. The van der Waals surface area contributed by atoms with Gasteiger partial charge in [0, 0.05) is 16.1 Å². The molecule has 4 rings (SSSR count). The smallest absolute Gasteiger partial charge is 0.142 e. The molecule has 0 fully saturated rings. The number of allylic oxidation sites excluding steroid dienone is 3. The van der Waals surface area contributed by atoms with Crippen molar-refractivity contribution in [3.8, 4) is 23.5 Å². The number of halogens is 1. The molecule has 0 bridgehead atoms. The Hall–Kier alpha value is -3.80. The molecule has 0 saturated heterocycles. The van der Waals surface area contributed by atoms with Gasteiger partial charge in [0.15, 0.2) is 0 Å². The van der Waals surface area contributed by atoms with Crippen LogP contribution < -0.4 is 5.73 Å². The van der Waals surface area contributed by atoms with E-state index in [1.165, 1.54) is 0 Å². The van der Waals surface area contributed by atoms with Gasteiger partial charge in [-0.05, 0) is 60.9 Å². The maximum atomic E-state index is 9.64. The van der Waals surface area contributed by atoms with Crippen molar-refractivity contribution >= 4 is 34.6 Å². The number of nitrogens with two attached hydrogens (primary N) is 1. The Balaban J connectivity index is 1.87. The number of anilines is 1. The predicted molar refractivity (Wildman–Crippen MR) is 113 cm³/mol. The van der Waals surface area contributed by atoms with Crippen molar-refractivity contribution in [3.63, 3.8) is 0 Å². The Bertz CT molecular complexity index is 1320. The number of rotatable bonds is 2. The molecule has 0 radical (unpaired) electrons. The zero-order valence-corrected chi connectivity index (χ0v) is 16.5. The molecular formula is C23H15ClN4O. The lowest BCUT2D eigenvalue weighted by atomic mass is 9.96. The van der Waals surface area contributed by atoms with E-state index in [2.05, 4.69) is 17.1 Å². The molecule has 0 aliphatic heterocycles. The van der Waals surface area contributed by atoms with Crippen LogP contribution in [0.5, 0.6) is 0 Å². The number of aromatic nitrogens is 1. The van der Waals surface area contributed by atoms with E-state index in [0.717, 1.165) is 22.3 Å². The van der Waals surface area contributed by atoms with Crippen molar-refractivity contribution in [2.45, 2.75) is 13.8 Å². The molecule has 1 aliphatic rings. The number of furan rings is 1. The van der Waals surface area contributed by atoms with E-state index in [4.69, 9.17) is 21.8 Å². The maximum Gasteiger partial charge on any atom is 0.142 e. The first kappa shape index (κ1) is 18.6. The minimum atomic E-state index is 0.131. The minimum Gasteiger partial charge on any atom is -0.457 e. The number of nitriles is 2. The summed E-state index contributed by atoms with van der Waals surface area (Å²) in [6.45, 7) is 3.67. The minimum absolute atomic E-state index is 0.131. The molecule has 0 unspecified atom stereocenters. The maximum absolute atomic E-state index is 9.64. The summed E-state index contributed by atoms with van der Waals surface area (Å²) in [4.78, 5) is 4.33. The predicted octanol–water partition coefficient (Wildman–Crippen LogP) is 5.61. The van der Waals surface area contributed by atoms with Gasteiger partial charge in [-0.2, -0.15) is 10.5 Å². The lowest BCUT2D eigenvalue weighted by Gasteiger charge is -2.10. The zero-order chi connectivity index (χ0) is 20.7. The number of hydrogen-bond donors (Lipinski definition) is 1. The van der Waals surface area contributed by atoms with Crippen molar-refractivity contribution in [3.05, 3.63) is 75.1 Å². The van der Waals surface area contributed by atoms with Gasteiger partial charge in [0.1, 0.15) is 29.5 Å². The first-order valence-corrected chi connectivity index (χ1v) is 9.22. The van der Waals surface area contributed by atoms with E-state index >= 15 is 0 Å². The Morgan fingerprint density at radius 3 is 2.62 bits per heavy atom. The Kier molecular flexibility index (Phi) is 4.47. The highest BCUT2D eigenvalue weighted by Gasteiger charge is 2.29. The second-order valence-corrected chi connectivity index (χ2v) is 7.15. The lowest BCUT2D eigenvalue weighted by Crippen LogP contribution is -2.03. The van der Waals surface area contributed by atoms with E-state index in [1.807, 2.05) is 50.3 Å². The molecule has 0 spiro atoms. The highest BCUT2D eigenvalue weighted by Crippen LogP contribution is 2.44. The normalized spacial score (nSPS) is 14.0. The largest absolute Gasteiger partial charge is 0.457 e. The molecular weight excluding hydrogens is 384 g/mol. The van der Waals surface area contributed by atoms with Crippen molar-refractivity contribution in [1.82, 2.24) is 4.98 Å². The molecule has 29 heavy (non-hydrogen) atoms. The first-order valence-electron chi connectivity index (χ1n) is 8.84. The molecule has 2 N–H and O–H groups in total. The Morgan fingerprint density at radius 2 is 1.93 bits per heavy atom. The average Bonchev–Trinajstić information content (AvgIpc) is 3.25. The highest BCUT2D eigenvalue weighted by molar-refractivity contribution is 6.30. The van der Waals surface area contributed by atoms with Crippen LogP contribution in [0.4, 0.5) is 5.82 Å². The van der Waals surface area contributed by atoms with E-state index in [1.54, 1.807) is 6.07 Å². The van der Waals surface area contributed by atoms with Gasteiger partial charge in [-0.1, -0.05) is 23.7 Å². The number of benzene rings is 1. The van der Waals surface area contributed by atoms with E-state index in [0.29, 0.717) is 38.9 Å². The van der Waals surface area contributed by atoms with Gasteiger partial charge in [0.2, 0.25) is 0 Å². The van der Waals surface area contributed by atoms with Gasteiger partial charge in [0.05, 0.1) is 16.8 Å². The van der Waals surface area contributed by atoms with Crippen molar-refractivity contribution in [1.29, 1.82) is 10.5 Å². The fourth-order valence-electron chi connectivity index (χ4n) is 3.57. The van der Waals surface area contributed by atoms with Crippen LogP contribution in [-0.2, 0) is 0 Å². The zero-order valence-electron chi connectivity index (χ0n) is 15.7. The van der Waals surface area contributed by atoms with Crippen molar-refractivity contribution in [2.24, 2.45) is 0 Å². The van der Waals surface area contributed by atoms with Gasteiger partial charge >= 0.3 is 0 Å². The first-order chi connectivity index (χ1) is 13.9. The summed E-state index contributed by atoms with van der Waals surface area (Å²) in [5, 5.41) is 19.7. The van der Waals surface area contributed by atoms with Crippen LogP contribution in [0.3, 0.4) is 0 Å². The molecule has 3 aromatic rings. The molecule has 0 atom stereocenters. The second kappa shape index (κ2) is 6.98. The summed E-state index contributed by atoms with van der Waals surface area (Å²) < 4.78 is 5.99. The molecule has 2 heterocycles. The van der Waals surface area contributed by atoms with Gasteiger partial charge < -0.3 is 10.2 Å². The van der Waals surface area contributed by atoms with Crippen molar-refractivity contribution < 1.29 is 4.42 Å². The van der Waals surface area contributed by atoms with Crippen LogP contribution in [0.2, 0.25) is 5.02 Å². The number of nitrogens with zero attached hydrogens (tertiary/aromatic N) is 3. The molecule has 0 amide bonds. The number of fused-ring (bicyclic) bond motifs is 1. The van der Waals surface area contributed by atoms with E-state index in [-0.39, 0.29) is 5.82 Å². The third-order valence-corrected chi connectivity index (χ3v) is 5.24. The third-order valence-electron chi connectivity index (χ3n) is 5.01. The van der Waals surface area contributed by atoms with E-state index in [9.17, 15) is 10.5 Å². The summed E-state index contributed by atoms with van der Waals surface area (Å²) in [5.41, 5.74) is 11.1. The average molecular weight is 399 g/mol. The SMILES string of the molecule is CC1=C(C#N)c2nc(N)c(C#N)c(C)c2/C1=C/c1ccc(-c2cccc(Cl)c2)o1. The third kappa shape index (κ3) is 2.99. The van der Waals surface area contributed by atoms with Gasteiger partial charge in [-0.3, -0.25) is 0 Å². The Morgan fingerprint density at radius 1 is 1.14 bits per heavy atom. The van der Waals surface area contributed by atoms with Crippen molar-refractivity contribution in [2.75, 3.05) is 5.73 Å². The summed E-state index contributed by atoms with van der Waals surface area (Å²) in [5.74, 6) is 1.44. The van der Waals surface area contributed by atoms with Gasteiger partial charge in [-0.25, -0.2) is 4.98 Å². The van der Waals surface area contributed by atoms with Crippen LogP contribution in [0.15, 0.2) is 46.4 Å². The standard InChI is InChI=1S/C23H15ClN4O/c1-12-17(9-16-6-7-20(29-16)14-4-3-5-15(24)8-14)21-13(2)19(11-26)23(27)28-22(21)18(12)10-25/h3-9H,1-2H3,(H2,27,28)/b17-9+. The second-order valence-electron chi connectivity index (χ2n) is 6.71. The fourth-order valence-corrected chi connectivity index (χ4v) is 3.76. The van der Waals surface area contributed by atoms with Gasteiger partial charge in [-0.15, -0.1) is 0 Å². The monoisotopic (exact) mass is 398 g/mol. The molecule has 5 nitrogen and oxygen atoms in total. The van der Waals surface area contributed by atoms with E-state index < -0.39 is 0 Å². The topological polar surface area (TPSA) is 99.6 Å². The quantitative estimate of drug-likeness (QED) is 0.604. The summed E-state index contributed by atoms with van der Waals surface area (Å²) >= 11 is 6.07. The number of nitrogen functional groups attached to an aromatic ring is 1. The molecule has 140 valence electrons. The van der Waals surface area contributed by atoms with Crippen LogP contribution in [0.1, 0.15) is 35.1 Å². The Labute approximate surface area is 173 Å². The summed E-state index contributed by atoms with van der Waals surface area (Å²) in [7, 11) is 0. The van der Waals surface area contributed by atoms with Crippen LogP contribution in [0, 0.1) is 29.6 Å². The summed E-state index contributed by atoms with van der Waals surface area (Å²) in [6, 6.07) is 15.4. The molecule has 2 aromatic heterocycles. The molecule has 0 saturated carbocycles. The van der Waals surface area contributed by atoms with Crippen LogP contribution in [-0.4, -0.2) is 4.98 Å². The molecule has 1 aliphatic carbocycles. The van der Waals surface area contributed by atoms with Crippen LogP contribution >= 0.6 is 11.6 Å². The number of pyridine rings is 1. The summed E-state index contributed by atoms with van der Waals surface area (Å²) in [6.07, 6.45) is 1.86.